The van der Waals surface area contributed by atoms with Crippen LogP contribution < -0.4 is 0 Å². The van der Waals surface area contributed by atoms with Crippen molar-refractivity contribution in [2.45, 2.75) is 60.9 Å². The fourth-order valence-electron chi connectivity index (χ4n) is 3.45. The molecule has 0 atom stereocenters. The van der Waals surface area contributed by atoms with Gasteiger partial charge in [-0.05, 0) is 24.2 Å². The zero-order valence-electron chi connectivity index (χ0n) is 13.4. The van der Waals surface area contributed by atoms with Crippen LogP contribution in [-0.2, 0) is 24.2 Å². The lowest BCUT2D eigenvalue weighted by Crippen LogP contribution is -2.14. The lowest BCUT2D eigenvalue weighted by atomic mass is 10.0. The normalized spacial score (nSPS) is 20.1. The van der Waals surface area contributed by atoms with Crippen LogP contribution in [0.15, 0.2) is 0 Å². The fourth-order valence-corrected chi connectivity index (χ4v) is 3.79. The van der Waals surface area contributed by atoms with Crippen LogP contribution in [0.1, 0.15) is 52.9 Å². The molecule has 1 aliphatic carbocycles. The Morgan fingerprint density at radius 3 is 2.20 bits per heavy atom. The molecule has 0 N–H and O–H groups in total. The molecule has 20 heavy (non-hydrogen) atoms. The number of halogens is 1. The van der Waals surface area contributed by atoms with E-state index < -0.39 is 0 Å². The molecule has 112 valence electrons. The standard InChI is InChI=1S/C16H25ClN2O/c1-7-10-13(17)11(19(8-2)18-10)9-12(20)14-15(3,4)16(14,5)6/h14H,7-9H2,1-6H3. The van der Waals surface area contributed by atoms with Gasteiger partial charge in [-0.1, -0.05) is 46.2 Å². The van der Waals surface area contributed by atoms with E-state index in [1.165, 1.54) is 0 Å². The first-order valence-corrected chi connectivity index (χ1v) is 7.83. The molecule has 0 unspecified atom stereocenters. The lowest BCUT2D eigenvalue weighted by Gasteiger charge is -2.06. The zero-order chi connectivity index (χ0) is 15.3. The Bertz CT molecular complexity index is 529. The van der Waals surface area contributed by atoms with Gasteiger partial charge in [-0.2, -0.15) is 5.10 Å². The third-order valence-corrected chi connectivity index (χ3v) is 5.81. The minimum Gasteiger partial charge on any atom is -0.299 e. The summed E-state index contributed by atoms with van der Waals surface area (Å²) in [5.41, 5.74) is 1.95. The minimum absolute atomic E-state index is 0.0845. The first-order chi connectivity index (χ1) is 9.18. The summed E-state index contributed by atoms with van der Waals surface area (Å²) in [6.07, 6.45) is 1.20. The molecule has 1 saturated carbocycles. The van der Waals surface area contributed by atoms with Gasteiger partial charge in [0.25, 0.3) is 0 Å². The molecule has 0 spiro atoms. The van der Waals surface area contributed by atoms with Crippen molar-refractivity contribution in [3.63, 3.8) is 0 Å². The number of nitrogens with zero attached hydrogens (tertiary/aromatic N) is 2. The molecule has 1 aromatic rings. The Morgan fingerprint density at radius 1 is 1.25 bits per heavy atom. The number of aryl methyl sites for hydroxylation is 2. The van der Waals surface area contributed by atoms with E-state index in [0.29, 0.717) is 17.2 Å². The Labute approximate surface area is 126 Å². The molecular weight excluding hydrogens is 272 g/mol. The van der Waals surface area contributed by atoms with Gasteiger partial charge in [-0.3, -0.25) is 9.48 Å². The van der Waals surface area contributed by atoms with Crippen LogP contribution in [0.3, 0.4) is 0 Å². The van der Waals surface area contributed by atoms with Crippen molar-refractivity contribution in [3.05, 3.63) is 16.4 Å². The smallest absolute Gasteiger partial charge is 0.143 e. The van der Waals surface area contributed by atoms with Crippen molar-refractivity contribution in [1.82, 2.24) is 9.78 Å². The van der Waals surface area contributed by atoms with Crippen LogP contribution in [0.2, 0.25) is 5.02 Å². The predicted molar refractivity (Wildman–Crippen MR) is 82.1 cm³/mol. The van der Waals surface area contributed by atoms with Gasteiger partial charge in [0.05, 0.1) is 22.8 Å². The van der Waals surface area contributed by atoms with Crippen LogP contribution in [-0.4, -0.2) is 15.6 Å². The minimum atomic E-state index is 0.0845. The second-order valence-electron chi connectivity index (χ2n) is 6.90. The van der Waals surface area contributed by atoms with Crippen molar-refractivity contribution in [2.24, 2.45) is 16.7 Å². The summed E-state index contributed by atoms with van der Waals surface area (Å²) in [6.45, 7) is 13.5. The van der Waals surface area contributed by atoms with E-state index >= 15 is 0 Å². The van der Waals surface area contributed by atoms with Crippen LogP contribution in [0, 0.1) is 16.7 Å². The molecule has 1 aromatic heterocycles. The van der Waals surface area contributed by atoms with E-state index in [4.69, 9.17) is 11.6 Å². The summed E-state index contributed by atoms with van der Waals surface area (Å²) in [5.74, 6) is 0.413. The highest BCUT2D eigenvalue weighted by Gasteiger charge is 2.67. The summed E-state index contributed by atoms with van der Waals surface area (Å²) in [6, 6.07) is 0. The van der Waals surface area contributed by atoms with E-state index in [-0.39, 0.29) is 16.7 Å². The molecule has 0 radical (unpaired) electrons. The summed E-state index contributed by atoms with van der Waals surface area (Å²) in [4.78, 5) is 12.6. The van der Waals surface area contributed by atoms with Crippen LogP contribution in [0.4, 0.5) is 0 Å². The van der Waals surface area contributed by atoms with Crippen LogP contribution in [0.25, 0.3) is 0 Å². The number of carbonyl (C=O) groups is 1. The first-order valence-electron chi connectivity index (χ1n) is 7.45. The van der Waals surface area contributed by atoms with Gasteiger partial charge in [0.15, 0.2) is 0 Å². The Kier molecular flexibility index (Phi) is 3.79. The lowest BCUT2D eigenvalue weighted by molar-refractivity contribution is -0.120. The van der Waals surface area contributed by atoms with Gasteiger partial charge < -0.3 is 0 Å². The van der Waals surface area contributed by atoms with Crippen molar-refractivity contribution in [3.8, 4) is 0 Å². The van der Waals surface area contributed by atoms with E-state index in [1.54, 1.807) is 0 Å². The average Bonchev–Trinajstić information content (AvgIpc) is 2.63. The third-order valence-electron chi connectivity index (χ3n) is 5.38. The maximum absolute atomic E-state index is 12.6. The highest BCUT2D eigenvalue weighted by Crippen LogP contribution is 2.68. The monoisotopic (exact) mass is 296 g/mol. The first kappa shape index (κ1) is 15.6. The number of ketones is 1. The largest absolute Gasteiger partial charge is 0.299 e. The molecule has 0 bridgehead atoms. The quantitative estimate of drug-likeness (QED) is 0.825. The van der Waals surface area contributed by atoms with E-state index in [2.05, 4.69) is 32.8 Å². The summed E-state index contributed by atoms with van der Waals surface area (Å²) >= 11 is 6.38. The fraction of sp³-hybridized carbons (Fsp3) is 0.750. The molecule has 0 saturated heterocycles. The molecule has 0 aromatic carbocycles. The maximum atomic E-state index is 12.6. The number of hydrogen-bond donors (Lipinski definition) is 0. The Morgan fingerprint density at radius 2 is 1.80 bits per heavy atom. The number of Topliss-reactive ketones (excluding diaryl/α,β-unsaturated/α-hetero) is 1. The van der Waals surface area contributed by atoms with Crippen LogP contribution >= 0.6 is 11.6 Å². The molecule has 1 heterocycles. The number of carbonyl (C=O) groups excluding carboxylic acids is 1. The topological polar surface area (TPSA) is 34.9 Å². The third kappa shape index (κ3) is 2.11. The van der Waals surface area contributed by atoms with E-state index in [0.717, 1.165) is 24.4 Å². The summed E-state index contributed by atoms with van der Waals surface area (Å²) in [7, 11) is 0. The Hall–Kier alpha value is -0.830. The Balaban J connectivity index is 2.24. The number of rotatable bonds is 5. The SMILES string of the molecule is CCc1nn(CC)c(CC(=O)C2C(C)(C)C2(C)C)c1Cl. The molecule has 1 aliphatic rings. The van der Waals surface area contributed by atoms with E-state index in [9.17, 15) is 4.79 Å². The van der Waals surface area contributed by atoms with Gasteiger partial charge in [0.2, 0.25) is 0 Å². The predicted octanol–water partition coefficient (Wildman–Crippen LogP) is 3.91. The van der Waals surface area contributed by atoms with Crippen LogP contribution in [0.5, 0.6) is 0 Å². The molecular formula is C16H25ClN2O. The summed E-state index contributed by atoms with van der Waals surface area (Å²) < 4.78 is 1.88. The second-order valence-corrected chi connectivity index (χ2v) is 7.27. The maximum Gasteiger partial charge on any atom is 0.143 e. The molecule has 3 nitrogen and oxygen atoms in total. The molecule has 0 amide bonds. The van der Waals surface area contributed by atoms with Gasteiger partial charge in [0, 0.05) is 12.5 Å². The highest BCUT2D eigenvalue weighted by atomic mass is 35.5. The molecule has 4 heteroatoms. The number of hydrogen-bond acceptors (Lipinski definition) is 2. The van der Waals surface area contributed by atoms with Crippen molar-refractivity contribution < 1.29 is 4.79 Å². The average molecular weight is 297 g/mol. The van der Waals surface area contributed by atoms with Gasteiger partial charge >= 0.3 is 0 Å². The second kappa shape index (κ2) is 4.87. The zero-order valence-corrected chi connectivity index (χ0v) is 14.1. The van der Waals surface area contributed by atoms with Gasteiger partial charge in [-0.25, -0.2) is 0 Å². The number of aromatic nitrogens is 2. The summed E-state index contributed by atoms with van der Waals surface area (Å²) in [5, 5.41) is 5.16. The van der Waals surface area contributed by atoms with Gasteiger partial charge in [-0.15, -0.1) is 0 Å². The molecule has 0 aliphatic heterocycles. The molecule has 2 rings (SSSR count). The van der Waals surface area contributed by atoms with Crippen molar-refractivity contribution in [2.75, 3.05) is 0 Å². The van der Waals surface area contributed by atoms with Crippen molar-refractivity contribution in [1.29, 1.82) is 0 Å². The molecule has 1 fully saturated rings. The van der Waals surface area contributed by atoms with E-state index in [1.807, 2.05) is 18.5 Å². The highest BCUT2D eigenvalue weighted by molar-refractivity contribution is 6.32. The van der Waals surface area contributed by atoms with Gasteiger partial charge in [0.1, 0.15) is 5.78 Å². The van der Waals surface area contributed by atoms with Crippen molar-refractivity contribution >= 4 is 17.4 Å².